The average molecular weight is 397 g/mol. The summed E-state index contributed by atoms with van der Waals surface area (Å²) in [5, 5.41) is 4.45. The second-order valence-corrected chi connectivity index (χ2v) is 8.84. The number of aromatic nitrogens is 2. The summed E-state index contributed by atoms with van der Waals surface area (Å²) in [5.74, 6) is 0.697. The number of aryl methyl sites for hydroxylation is 1. The molecule has 3 atom stereocenters. The highest BCUT2D eigenvalue weighted by atomic mass is 19.1. The Hall–Kier alpha value is -2.21. The minimum absolute atomic E-state index is 0.109. The fourth-order valence-electron chi connectivity index (χ4n) is 5.91. The smallest absolute Gasteiger partial charge is 0.257 e. The van der Waals surface area contributed by atoms with Gasteiger partial charge in [0, 0.05) is 30.7 Å². The molecule has 2 aromatic rings. The Morgan fingerprint density at radius 2 is 1.90 bits per heavy atom. The molecule has 1 aromatic carbocycles. The highest BCUT2D eigenvalue weighted by molar-refractivity contribution is 5.95. The van der Waals surface area contributed by atoms with Gasteiger partial charge in [0.15, 0.2) is 0 Å². The monoisotopic (exact) mass is 396 g/mol. The first-order valence-corrected chi connectivity index (χ1v) is 10.9. The van der Waals surface area contributed by atoms with Gasteiger partial charge in [0.2, 0.25) is 0 Å². The molecule has 4 saturated heterocycles. The molecule has 4 aliphatic heterocycles. The Balaban J connectivity index is 1.50. The number of likely N-dealkylation sites (tertiary alicyclic amines) is 1. The molecule has 0 radical (unpaired) electrons. The van der Waals surface area contributed by atoms with Crippen LogP contribution in [0.25, 0.3) is 0 Å². The van der Waals surface area contributed by atoms with Gasteiger partial charge in [0.1, 0.15) is 5.82 Å². The molecular formula is C23H29FN4O. The van der Waals surface area contributed by atoms with Crippen molar-refractivity contribution in [1.29, 1.82) is 0 Å². The zero-order chi connectivity index (χ0) is 20.1. The summed E-state index contributed by atoms with van der Waals surface area (Å²) < 4.78 is 15.4. The molecule has 4 aliphatic rings. The molecule has 5 heterocycles. The Kier molecular flexibility index (Phi) is 4.69. The minimum atomic E-state index is -0.208. The lowest BCUT2D eigenvalue weighted by molar-refractivity contribution is -0.00343. The molecule has 5 nitrogen and oxygen atoms in total. The molecule has 6 heteroatoms. The van der Waals surface area contributed by atoms with Gasteiger partial charge in [-0.15, -0.1) is 0 Å². The molecule has 4 fully saturated rings. The number of fused-ring (bicyclic) bond motifs is 2. The van der Waals surface area contributed by atoms with E-state index in [-0.39, 0.29) is 23.7 Å². The maximum Gasteiger partial charge on any atom is 0.257 e. The fourth-order valence-corrected chi connectivity index (χ4v) is 5.91. The third-order valence-corrected chi connectivity index (χ3v) is 7.32. The first-order chi connectivity index (χ1) is 14.1. The maximum absolute atomic E-state index is 13.6. The second-order valence-electron chi connectivity index (χ2n) is 8.84. The van der Waals surface area contributed by atoms with Crippen molar-refractivity contribution >= 4 is 5.91 Å². The van der Waals surface area contributed by atoms with Crippen molar-refractivity contribution in [1.82, 2.24) is 19.6 Å². The third kappa shape index (κ3) is 3.00. The fraction of sp³-hybridized carbons (Fsp3) is 0.565. The van der Waals surface area contributed by atoms with Gasteiger partial charge in [-0.25, -0.2) is 4.39 Å². The number of carbonyl (C=O) groups is 1. The topological polar surface area (TPSA) is 41.4 Å². The number of benzene rings is 1. The van der Waals surface area contributed by atoms with Crippen molar-refractivity contribution in [2.75, 3.05) is 19.6 Å². The highest BCUT2D eigenvalue weighted by Gasteiger charge is 2.54. The number of carbonyl (C=O) groups excluding carboxylic acids is 1. The van der Waals surface area contributed by atoms with Crippen molar-refractivity contribution in [2.45, 2.75) is 57.7 Å². The predicted octanol–water partition coefficient (Wildman–Crippen LogP) is 3.44. The number of halogens is 1. The van der Waals surface area contributed by atoms with E-state index in [1.165, 1.54) is 0 Å². The molecule has 0 saturated carbocycles. The van der Waals surface area contributed by atoms with Gasteiger partial charge in [-0.3, -0.25) is 14.4 Å². The summed E-state index contributed by atoms with van der Waals surface area (Å²) in [4.78, 5) is 18.3. The molecule has 29 heavy (non-hydrogen) atoms. The molecule has 0 N–H and O–H groups in total. The first-order valence-electron chi connectivity index (χ1n) is 10.9. The highest BCUT2D eigenvalue weighted by Crippen LogP contribution is 2.47. The number of hydrogen-bond acceptors (Lipinski definition) is 3. The quantitative estimate of drug-likeness (QED) is 0.795. The zero-order valence-electron chi connectivity index (χ0n) is 17.2. The summed E-state index contributed by atoms with van der Waals surface area (Å²) in [6.45, 7) is 7.87. The van der Waals surface area contributed by atoms with E-state index in [1.54, 1.807) is 18.3 Å². The summed E-state index contributed by atoms with van der Waals surface area (Å²) in [5.41, 5.74) is 2.83. The van der Waals surface area contributed by atoms with Crippen molar-refractivity contribution in [2.24, 2.45) is 5.92 Å². The standard InChI is InChI=1S/C23H29FN4O/c1-3-10-28-15(2)19(13-25-28)23(29)27-14-20(16-4-6-18(24)7-5-16)22-21(27)17-8-11-26(22)12-9-17/h4-7,13,17,20-22H,3,8-12,14H2,1-2H3/t20-,21+,22+/m1/s1. The van der Waals surface area contributed by atoms with Crippen molar-refractivity contribution in [3.63, 3.8) is 0 Å². The van der Waals surface area contributed by atoms with Gasteiger partial charge >= 0.3 is 0 Å². The van der Waals surface area contributed by atoms with Crippen LogP contribution in [0.1, 0.15) is 53.7 Å². The lowest BCUT2D eigenvalue weighted by atomic mass is 9.75. The van der Waals surface area contributed by atoms with Crippen molar-refractivity contribution < 1.29 is 9.18 Å². The summed E-state index contributed by atoms with van der Waals surface area (Å²) >= 11 is 0. The predicted molar refractivity (Wildman–Crippen MR) is 109 cm³/mol. The van der Waals surface area contributed by atoms with Crippen LogP contribution in [0.2, 0.25) is 0 Å². The van der Waals surface area contributed by atoms with E-state index in [0.29, 0.717) is 18.5 Å². The second kappa shape index (κ2) is 7.24. The van der Waals surface area contributed by atoms with E-state index in [0.717, 1.165) is 55.7 Å². The molecule has 1 amide bonds. The van der Waals surface area contributed by atoms with Crippen LogP contribution in [0.5, 0.6) is 0 Å². The van der Waals surface area contributed by atoms with Crippen LogP contribution < -0.4 is 0 Å². The van der Waals surface area contributed by atoms with Gasteiger partial charge in [0.25, 0.3) is 5.91 Å². The van der Waals surface area contributed by atoms with E-state index >= 15 is 0 Å². The number of hydrogen-bond donors (Lipinski definition) is 0. The van der Waals surface area contributed by atoms with Crippen LogP contribution in [0.3, 0.4) is 0 Å². The molecular weight excluding hydrogens is 367 g/mol. The molecule has 1 aromatic heterocycles. The normalized spacial score (nSPS) is 30.6. The number of piperidine rings is 3. The van der Waals surface area contributed by atoms with Gasteiger partial charge < -0.3 is 4.90 Å². The SMILES string of the molecule is CCCn1ncc(C(=O)N2C[C@H](c3ccc(F)cc3)[C@H]3[C@@H]2C2CCN3CC2)c1C. The number of rotatable bonds is 4. The van der Waals surface area contributed by atoms with Crippen LogP contribution in [0.4, 0.5) is 4.39 Å². The Morgan fingerprint density at radius 1 is 1.17 bits per heavy atom. The number of nitrogens with zero attached hydrogens (tertiary/aromatic N) is 4. The molecule has 154 valence electrons. The Labute approximate surface area is 171 Å². The van der Waals surface area contributed by atoms with Gasteiger partial charge in [-0.1, -0.05) is 19.1 Å². The summed E-state index contributed by atoms with van der Waals surface area (Å²) in [7, 11) is 0. The van der Waals surface area contributed by atoms with Crippen LogP contribution in [-0.2, 0) is 6.54 Å². The van der Waals surface area contributed by atoms with Crippen LogP contribution in [-0.4, -0.2) is 57.2 Å². The lowest BCUT2D eigenvalue weighted by Crippen LogP contribution is -2.60. The van der Waals surface area contributed by atoms with E-state index < -0.39 is 0 Å². The third-order valence-electron chi connectivity index (χ3n) is 7.32. The number of amides is 1. The van der Waals surface area contributed by atoms with Crippen molar-refractivity contribution in [3.05, 3.63) is 53.1 Å². The van der Waals surface area contributed by atoms with Gasteiger partial charge in [0.05, 0.1) is 17.8 Å². The van der Waals surface area contributed by atoms with E-state index in [9.17, 15) is 9.18 Å². The van der Waals surface area contributed by atoms with E-state index in [2.05, 4.69) is 21.8 Å². The zero-order valence-corrected chi connectivity index (χ0v) is 17.2. The molecule has 0 aliphatic carbocycles. The molecule has 6 rings (SSSR count). The maximum atomic E-state index is 13.6. The minimum Gasteiger partial charge on any atom is -0.333 e. The Bertz CT molecular complexity index is 900. The van der Waals surface area contributed by atoms with Gasteiger partial charge in [-0.05, 0) is 62.9 Å². The average Bonchev–Trinajstić information content (AvgIpc) is 3.33. The van der Waals surface area contributed by atoms with E-state index in [4.69, 9.17) is 0 Å². The van der Waals surface area contributed by atoms with Gasteiger partial charge in [-0.2, -0.15) is 5.10 Å². The van der Waals surface area contributed by atoms with E-state index in [1.807, 2.05) is 23.7 Å². The largest absolute Gasteiger partial charge is 0.333 e. The summed E-state index contributed by atoms with van der Waals surface area (Å²) in [6, 6.07) is 7.48. The molecule has 0 spiro atoms. The molecule has 2 bridgehead atoms. The first kappa shape index (κ1) is 18.8. The van der Waals surface area contributed by atoms with Crippen LogP contribution in [0.15, 0.2) is 30.5 Å². The van der Waals surface area contributed by atoms with Crippen molar-refractivity contribution in [3.8, 4) is 0 Å². The van der Waals surface area contributed by atoms with Crippen LogP contribution in [0, 0.1) is 18.7 Å². The summed E-state index contributed by atoms with van der Waals surface area (Å²) in [6.07, 6.45) is 5.06. The lowest BCUT2D eigenvalue weighted by Gasteiger charge is -2.51. The Morgan fingerprint density at radius 3 is 2.59 bits per heavy atom. The molecule has 0 unspecified atom stereocenters. The van der Waals surface area contributed by atoms with Crippen LogP contribution >= 0.6 is 0 Å².